The van der Waals surface area contributed by atoms with Gasteiger partial charge in [-0.25, -0.2) is 4.39 Å². The molecule has 1 aliphatic heterocycles. The molecular formula is C15H20FNO3. The minimum Gasteiger partial charge on any atom is -0.481 e. The molecule has 5 heteroatoms. The number of benzene rings is 1. The Morgan fingerprint density at radius 2 is 2.40 bits per heavy atom. The third-order valence-electron chi connectivity index (χ3n) is 3.62. The zero-order valence-corrected chi connectivity index (χ0v) is 11.6. The molecule has 1 fully saturated rings. The molecule has 1 aliphatic rings. The summed E-state index contributed by atoms with van der Waals surface area (Å²) in [6.45, 7) is 4.02. The zero-order valence-electron chi connectivity index (χ0n) is 11.6. The van der Waals surface area contributed by atoms with Crippen molar-refractivity contribution in [1.29, 1.82) is 0 Å². The van der Waals surface area contributed by atoms with E-state index >= 15 is 0 Å². The van der Waals surface area contributed by atoms with Crippen LogP contribution in [0.5, 0.6) is 0 Å². The molecule has 110 valence electrons. The van der Waals surface area contributed by atoms with Gasteiger partial charge in [-0.3, -0.25) is 9.69 Å². The van der Waals surface area contributed by atoms with E-state index in [4.69, 9.17) is 9.84 Å². The van der Waals surface area contributed by atoms with E-state index in [-0.39, 0.29) is 24.4 Å². The van der Waals surface area contributed by atoms with Crippen molar-refractivity contribution in [3.63, 3.8) is 0 Å². The number of halogens is 1. The second-order valence-electron chi connectivity index (χ2n) is 5.27. The Balaban J connectivity index is 1.91. The van der Waals surface area contributed by atoms with Crippen molar-refractivity contribution in [2.75, 3.05) is 19.7 Å². The average Bonchev–Trinajstić information content (AvgIpc) is 2.38. The number of hydrogen-bond acceptors (Lipinski definition) is 3. The van der Waals surface area contributed by atoms with Gasteiger partial charge in [-0.2, -0.15) is 0 Å². The maximum Gasteiger partial charge on any atom is 0.306 e. The molecule has 1 heterocycles. The number of nitrogens with zero attached hydrogens (tertiary/aromatic N) is 1. The first kappa shape index (κ1) is 14.9. The van der Waals surface area contributed by atoms with Crippen LogP contribution in [0.3, 0.4) is 0 Å². The number of rotatable bonds is 5. The molecule has 0 saturated carbocycles. The molecule has 4 nitrogen and oxygen atoms in total. The van der Waals surface area contributed by atoms with Crippen molar-refractivity contribution < 1.29 is 19.0 Å². The van der Waals surface area contributed by atoms with Crippen molar-refractivity contribution in [2.45, 2.75) is 31.9 Å². The van der Waals surface area contributed by atoms with E-state index in [2.05, 4.69) is 11.8 Å². The van der Waals surface area contributed by atoms with E-state index in [0.717, 1.165) is 18.5 Å². The van der Waals surface area contributed by atoms with Crippen LogP contribution >= 0.6 is 0 Å². The molecule has 0 spiro atoms. The van der Waals surface area contributed by atoms with E-state index in [0.29, 0.717) is 13.2 Å². The molecule has 1 N–H and O–H groups in total. The number of hydrogen-bond donors (Lipinski definition) is 1. The van der Waals surface area contributed by atoms with Crippen molar-refractivity contribution >= 4 is 5.97 Å². The summed E-state index contributed by atoms with van der Waals surface area (Å²) in [7, 11) is 0. The van der Waals surface area contributed by atoms with Crippen LogP contribution < -0.4 is 0 Å². The van der Waals surface area contributed by atoms with Crippen LogP contribution in [0.4, 0.5) is 4.39 Å². The fourth-order valence-corrected chi connectivity index (χ4v) is 2.59. The molecule has 0 aliphatic carbocycles. The smallest absolute Gasteiger partial charge is 0.306 e. The molecule has 1 aromatic carbocycles. The van der Waals surface area contributed by atoms with Crippen LogP contribution in [0.15, 0.2) is 24.3 Å². The number of aliphatic carboxylic acids is 1. The first-order valence-corrected chi connectivity index (χ1v) is 6.86. The van der Waals surface area contributed by atoms with Gasteiger partial charge in [0.1, 0.15) is 5.82 Å². The van der Waals surface area contributed by atoms with Crippen LogP contribution in [0, 0.1) is 5.82 Å². The summed E-state index contributed by atoms with van der Waals surface area (Å²) in [6.07, 6.45) is 0.525. The predicted molar refractivity (Wildman–Crippen MR) is 73.1 cm³/mol. The maximum absolute atomic E-state index is 13.2. The van der Waals surface area contributed by atoms with Gasteiger partial charge in [-0.1, -0.05) is 12.1 Å². The van der Waals surface area contributed by atoms with Crippen molar-refractivity contribution in [1.82, 2.24) is 4.90 Å². The molecule has 2 rings (SSSR count). The predicted octanol–water partition coefficient (Wildman–Crippen LogP) is 1.93. The molecule has 0 aromatic heterocycles. The fraction of sp³-hybridized carbons (Fsp3) is 0.533. The summed E-state index contributed by atoms with van der Waals surface area (Å²) in [6, 6.07) is 6.84. The Morgan fingerprint density at radius 1 is 1.60 bits per heavy atom. The molecule has 0 bridgehead atoms. The Morgan fingerprint density at radius 3 is 3.10 bits per heavy atom. The standard InChI is InChI=1S/C15H20FNO3/c1-11(7-12-3-2-4-13(16)8-12)17-5-6-20-14(10-17)9-15(18)19/h2-4,8,11,14H,5-7,9-10H2,1H3,(H,18,19). The maximum atomic E-state index is 13.2. The van der Waals surface area contributed by atoms with E-state index in [1.807, 2.05) is 6.07 Å². The van der Waals surface area contributed by atoms with E-state index < -0.39 is 5.97 Å². The van der Waals surface area contributed by atoms with Crippen molar-refractivity contribution in [3.8, 4) is 0 Å². The van der Waals surface area contributed by atoms with Crippen molar-refractivity contribution in [3.05, 3.63) is 35.6 Å². The van der Waals surface area contributed by atoms with E-state index in [9.17, 15) is 9.18 Å². The van der Waals surface area contributed by atoms with Gasteiger partial charge in [0.05, 0.1) is 19.1 Å². The monoisotopic (exact) mass is 281 g/mol. The van der Waals surface area contributed by atoms with Gasteiger partial charge in [0.25, 0.3) is 0 Å². The average molecular weight is 281 g/mol. The van der Waals surface area contributed by atoms with Crippen LogP contribution in [0.25, 0.3) is 0 Å². The summed E-state index contributed by atoms with van der Waals surface area (Å²) in [4.78, 5) is 12.9. The van der Waals surface area contributed by atoms with Gasteiger partial charge in [0.2, 0.25) is 0 Å². The van der Waals surface area contributed by atoms with Crippen LogP contribution in [-0.2, 0) is 16.0 Å². The summed E-state index contributed by atoms with van der Waals surface area (Å²) < 4.78 is 18.6. The largest absolute Gasteiger partial charge is 0.481 e. The first-order valence-electron chi connectivity index (χ1n) is 6.86. The number of carbonyl (C=O) groups is 1. The van der Waals surface area contributed by atoms with Gasteiger partial charge in [0, 0.05) is 19.1 Å². The second-order valence-corrected chi connectivity index (χ2v) is 5.27. The lowest BCUT2D eigenvalue weighted by molar-refractivity contribution is -0.142. The first-order chi connectivity index (χ1) is 9.54. The highest BCUT2D eigenvalue weighted by molar-refractivity contribution is 5.67. The van der Waals surface area contributed by atoms with Gasteiger partial charge in [-0.15, -0.1) is 0 Å². The molecule has 2 unspecified atom stereocenters. The van der Waals surface area contributed by atoms with Crippen molar-refractivity contribution in [2.24, 2.45) is 0 Å². The molecule has 1 saturated heterocycles. The lowest BCUT2D eigenvalue weighted by Crippen LogP contribution is -2.48. The second kappa shape index (κ2) is 6.81. The molecule has 1 aromatic rings. The highest BCUT2D eigenvalue weighted by Crippen LogP contribution is 2.15. The molecule has 20 heavy (non-hydrogen) atoms. The van der Waals surface area contributed by atoms with E-state index in [1.165, 1.54) is 6.07 Å². The fourth-order valence-electron chi connectivity index (χ4n) is 2.59. The number of carboxylic acid groups (broad SMARTS) is 1. The Labute approximate surface area is 118 Å². The summed E-state index contributed by atoms with van der Waals surface area (Å²) in [5.74, 6) is -1.06. The third-order valence-corrected chi connectivity index (χ3v) is 3.62. The minimum atomic E-state index is -0.838. The highest BCUT2D eigenvalue weighted by Gasteiger charge is 2.25. The molecule has 2 atom stereocenters. The number of morpholine rings is 1. The van der Waals surface area contributed by atoms with Crippen LogP contribution in [-0.4, -0.2) is 47.8 Å². The van der Waals surface area contributed by atoms with Gasteiger partial charge < -0.3 is 9.84 Å². The SMILES string of the molecule is CC(Cc1cccc(F)c1)N1CCOC(CC(=O)O)C1. The van der Waals surface area contributed by atoms with Gasteiger partial charge in [0.15, 0.2) is 0 Å². The van der Waals surface area contributed by atoms with Crippen LogP contribution in [0.2, 0.25) is 0 Å². The summed E-state index contributed by atoms with van der Waals surface area (Å²) in [5.41, 5.74) is 0.957. The summed E-state index contributed by atoms with van der Waals surface area (Å²) in [5, 5.41) is 8.82. The van der Waals surface area contributed by atoms with Gasteiger partial charge >= 0.3 is 5.97 Å². The van der Waals surface area contributed by atoms with Gasteiger partial charge in [-0.05, 0) is 31.0 Å². The Bertz CT molecular complexity index is 466. The lowest BCUT2D eigenvalue weighted by Gasteiger charge is -2.36. The zero-order chi connectivity index (χ0) is 14.5. The Kier molecular flexibility index (Phi) is 5.09. The Hall–Kier alpha value is -1.46. The normalized spacial score (nSPS) is 21.6. The highest BCUT2D eigenvalue weighted by atomic mass is 19.1. The van der Waals surface area contributed by atoms with Crippen LogP contribution in [0.1, 0.15) is 18.9 Å². The summed E-state index contributed by atoms with van der Waals surface area (Å²) >= 11 is 0. The minimum absolute atomic E-state index is 0.0309. The number of ether oxygens (including phenoxy) is 1. The lowest BCUT2D eigenvalue weighted by atomic mass is 10.0. The molecule has 0 amide bonds. The quantitative estimate of drug-likeness (QED) is 0.896. The van der Waals surface area contributed by atoms with E-state index in [1.54, 1.807) is 12.1 Å². The third kappa shape index (κ3) is 4.28. The topological polar surface area (TPSA) is 49.8 Å². The number of carboxylic acids is 1. The molecular weight excluding hydrogens is 261 g/mol. The molecule has 0 radical (unpaired) electrons.